The van der Waals surface area contributed by atoms with Crippen molar-refractivity contribution in [3.63, 3.8) is 0 Å². The minimum atomic E-state index is -0.992. The second-order valence-electron chi connectivity index (χ2n) is 15.2. The molecule has 1 saturated carbocycles. The third kappa shape index (κ3) is 6.40. The molecule has 0 spiro atoms. The molecule has 5 saturated heterocycles. The molecule has 6 fully saturated rings. The number of ketones is 1. The number of nitrogens with one attached hydrogen (secondary N) is 2. The van der Waals surface area contributed by atoms with Gasteiger partial charge in [0, 0.05) is 23.8 Å². The van der Waals surface area contributed by atoms with Crippen LogP contribution in [0.25, 0.3) is 0 Å². The van der Waals surface area contributed by atoms with Gasteiger partial charge >= 0.3 is 5.97 Å². The summed E-state index contributed by atoms with van der Waals surface area (Å²) in [7, 11) is 0. The Labute approximate surface area is 267 Å². The van der Waals surface area contributed by atoms with Crippen LogP contribution in [0, 0.1) is 41.4 Å². The summed E-state index contributed by atoms with van der Waals surface area (Å²) in [5, 5.41) is 28.9. The largest absolute Gasteiger partial charge is 0.456 e. The van der Waals surface area contributed by atoms with Gasteiger partial charge < -0.3 is 46.5 Å². The van der Waals surface area contributed by atoms with E-state index in [1.165, 1.54) is 0 Å². The van der Waals surface area contributed by atoms with Crippen molar-refractivity contribution in [2.24, 2.45) is 52.9 Å². The van der Waals surface area contributed by atoms with E-state index in [-0.39, 0.29) is 61.0 Å². The third-order valence-electron chi connectivity index (χ3n) is 12.7. The minimum absolute atomic E-state index is 0.00975. The van der Waals surface area contributed by atoms with Crippen molar-refractivity contribution >= 4 is 11.8 Å². The number of Topliss-reactive ketones (excluding diaryl/α,β-unsaturated/α-hetero) is 1. The number of carbonyl (C=O) groups is 2. The van der Waals surface area contributed by atoms with Crippen molar-refractivity contribution in [3.8, 4) is 0 Å². The predicted octanol–water partition coefficient (Wildman–Crippen LogP) is 1.34. The van der Waals surface area contributed by atoms with Gasteiger partial charge in [0.25, 0.3) is 0 Å². The number of piperidine rings is 2. The van der Waals surface area contributed by atoms with Crippen molar-refractivity contribution in [2.75, 3.05) is 19.7 Å². The van der Waals surface area contributed by atoms with Gasteiger partial charge in [-0.05, 0) is 109 Å². The molecule has 0 aromatic rings. The lowest BCUT2D eigenvalue weighted by Gasteiger charge is -2.60. The number of nitrogens with two attached hydrogens (primary N) is 2. The summed E-state index contributed by atoms with van der Waals surface area (Å²) in [5.74, 6) is -0.712. The highest BCUT2D eigenvalue weighted by Crippen LogP contribution is 2.55. The van der Waals surface area contributed by atoms with Crippen molar-refractivity contribution in [2.45, 2.75) is 127 Å². The van der Waals surface area contributed by atoms with Gasteiger partial charge in [-0.1, -0.05) is 6.08 Å². The summed E-state index contributed by atoms with van der Waals surface area (Å²) >= 11 is 0. The normalized spacial score (nSPS) is 49.0. The highest BCUT2D eigenvalue weighted by atomic mass is 16.6. The Morgan fingerprint density at radius 1 is 1.09 bits per heavy atom. The van der Waals surface area contributed by atoms with Crippen LogP contribution in [-0.2, 0) is 23.8 Å². The summed E-state index contributed by atoms with van der Waals surface area (Å²) in [6.07, 6.45) is 5.35. The van der Waals surface area contributed by atoms with Gasteiger partial charge in [0.15, 0.2) is 0 Å². The van der Waals surface area contributed by atoms with E-state index in [0.29, 0.717) is 23.8 Å². The molecule has 6 rings (SSSR count). The van der Waals surface area contributed by atoms with Crippen molar-refractivity contribution in [3.05, 3.63) is 11.6 Å². The molecule has 2 bridgehead atoms. The first kappa shape index (κ1) is 33.5. The number of rotatable bonds is 5. The Hall–Kier alpha value is -1.44. The van der Waals surface area contributed by atoms with Gasteiger partial charge in [-0.3, -0.25) is 4.79 Å². The van der Waals surface area contributed by atoms with Crippen molar-refractivity contribution in [1.29, 1.82) is 0 Å². The lowest BCUT2D eigenvalue weighted by molar-refractivity contribution is -0.299. The van der Waals surface area contributed by atoms with E-state index < -0.39 is 41.9 Å². The first-order valence-electron chi connectivity index (χ1n) is 17.5. The van der Waals surface area contributed by atoms with E-state index in [4.69, 9.17) is 25.7 Å². The fourth-order valence-corrected chi connectivity index (χ4v) is 9.88. The van der Waals surface area contributed by atoms with E-state index in [0.717, 1.165) is 58.0 Å². The number of aliphatic hydroxyl groups is 2. The topological polar surface area (TPSA) is 178 Å². The van der Waals surface area contributed by atoms with Crippen LogP contribution < -0.4 is 22.1 Å². The van der Waals surface area contributed by atoms with Gasteiger partial charge in [-0.15, -0.1) is 0 Å². The molecule has 0 aromatic carbocycles. The third-order valence-corrected chi connectivity index (χ3v) is 12.7. The molecule has 254 valence electrons. The van der Waals surface area contributed by atoms with E-state index in [2.05, 4.69) is 17.6 Å². The first-order valence-corrected chi connectivity index (χ1v) is 17.5. The molecule has 11 nitrogen and oxygen atoms in total. The number of carbonyl (C=O) groups excluding carboxylic acids is 2. The number of aliphatic hydroxyl groups excluding tert-OH is 2. The number of fused-ring (bicyclic) bond motifs is 4. The number of hydrogen-bond acceptors (Lipinski definition) is 11. The Bertz CT molecular complexity index is 1110. The molecule has 45 heavy (non-hydrogen) atoms. The maximum absolute atomic E-state index is 13.6. The van der Waals surface area contributed by atoms with Crippen LogP contribution >= 0.6 is 0 Å². The molecule has 5 aliphatic heterocycles. The van der Waals surface area contributed by atoms with E-state index >= 15 is 0 Å². The molecular formula is C34H56N4O7. The summed E-state index contributed by atoms with van der Waals surface area (Å²) in [6, 6.07) is 0. The fraction of sp³-hybridized carbons (Fsp3) is 0.882. The molecule has 0 aromatic heterocycles. The molecular weight excluding hydrogens is 576 g/mol. The number of esters is 1. The second kappa shape index (κ2) is 13.6. The van der Waals surface area contributed by atoms with Crippen LogP contribution in [0.5, 0.6) is 0 Å². The summed E-state index contributed by atoms with van der Waals surface area (Å²) in [4.78, 5) is 26.9. The molecule has 6 aliphatic rings. The lowest BCUT2D eigenvalue weighted by atomic mass is 9.58. The summed E-state index contributed by atoms with van der Waals surface area (Å²) in [6.45, 7) is 7.10. The number of ether oxygens (including phenoxy) is 3. The number of allylic oxidation sites excluding steroid dienone is 1. The van der Waals surface area contributed by atoms with Gasteiger partial charge in [-0.25, -0.2) is 4.79 Å². The molecule has 5 heterocycles. The Balaban J connectivity index is 1.42. The molecule has 1 aliphatic carbocycles. The highest BCUT2D eigenvalue weighted by molar-refractivity contribution is 5.87. The van der Waals surface area contributed by atoms with E-state index in [9.17, 15) is 19.8 Å². The van der Waals surface area contributed by atoms with Crippen LogP contribution in [0.4, 0.5) is 0 Å². The van der Waals surface area contributed by atoms with Gasteiger partial charge in [0.1, 0.15) is 17.5 Å². The fourth-order valence-electron chi connectivity index (χ4n) is 9.88. The molecule has 11 heteroatoms. The summed E-state index contributed by atoms with van der Waals surface area (Å²) < 4.78 is 20.2. The zero-order valence-corrected chi connectivity index (χ0v) is 27.2. The average molecular weight is 633 g/mol. The van der Waals surface area contributed by atoms with Crippen LogP contribution in [0.1, 0.15) is 78.6 Å². The lowest BCUT2D eigenvalue weighted by Crippen LogP contribution is -2.69. The maximum Gasteiger partial charge on any atom is 0.333 e. The van der Waals surface area contributed by atoms with Crippen LogP contribution in [-0.4, -0.2) is 90.1 Å². The van der Waals surface area contributed by atoms with Crippen molar-refractivity contribution < 1.29 is 34.0 Å². The zero-order chi connectivity index (χ0) is 32.0. The Morgan fingerprint density at radius 3 is 2.60 bits per heavy atom. The molecule has 8 N–H and O–H groups in total. The highest BCUT2D eigenvalue weighted by Gasteiger charge is 2.63. The summed E-state index contributed by atoms with van der Waals surface area (Å²) in [5.41, 5.74) is 12.7. The van der Waals surface area contributed by atoms with Crippen LogP contribution in [0.2, 0.25) is 0 Å². The monoisotopic (exact) mass is 632 g/mol. The van der Waals surface area contributed by atoms with E-state index in [1.54, 1.807) is 13.0 Å². The van der Waals surface area contributed by atoms with Crippen molar-refractivity contribution in [1.82, 2.24) is 10.6 Å². The van der Waals surface area contributed by atoms with Crippen LogP contribution in [0.15, 0.2) is 11.6 Å². The second-order valence-corrected chi connectivity index (χ2v) is 15.2. The minimum Gasteiger partial charge on any atom is -0.456 e. The smallest absolute Gasteiger partial charge is 0.333 e. The van der Waals surface area contributed by atoms with E-state index in [1.807, 2.05) is 6.92 Å². The predicted molar refractivity (Wildman–Crippen MR) is 167 cm³/mol. The van der Waals surface area contributed by atoms with Gasteiger partial charge in [0.2, 0.25) is 0 Å². The number of hydrogen-bond donors (Lipinski definition) is 6. The maximum atomic E-state index is 13.6. The standard InChI is InChI=1S/C34H56N4O7/c1-4-17(2)33(42)44-26-14-23-29(41)28-25(40)13-21(16-39)43-31(28)24-12-19-9-10-37-32(36)22(19)7-6-20(34(26,3)45-30(23)24)11-18-5-8-27(35)38-15-18/h4,18-24,26-32,37-39,41H,5-16,35-36H2,1-3H3. The average Bonchev–Trinajstić information content (AvgIpc) is 3.02. The molecule has 0 amide bonds. The van der Waals surface area contributed by atoms with Crippen LogP contribution in [0.3, 0.4) is 0 Å². The quantitative estimate of drug-likeness (QED) is 0.190. The molecule has 0 radical (unpaired) electrons. The Kier molecular flexibility index (Phi) is 10.1. The molecule has 15 atom stereocenters. The Morgan fingerprint density at radius 2 is 1.89 bits per heavy atom. The molecule has 15 unspecified atom stereocenters. The first-order chi connectivity index (χ1) is 21.5. The SMILES string of the molecule is CC=C(C)C(=O)OC1CC2C(O)C3C(=O)CC(CO)OC3C3CC4CCNC(N)C4CCC(CC4CCC(N)NC4)C1(C)OC23. The van der Waals surface area contributed by atoms with Gasteiger partial charge in [-0.2, -0.15) is 0 Å². The van der Waals surface area contributed by atoms with Gasteiger partial charge in [0.05, 0.1) is 49.3 Å². The zero-order valence-electron chi connectivity index (χ0n) is 27.2.